The fourth-order valence-electron chi connectivity index (χ4n) is 1.83. The molecule has 0 aromatic carbocycles. The first kappa shape index (κ1) is 14.9. The van der Waals surface area contributed by atoms with Gasteiger partial charge in [-0.3, -0.25) is 0 Å². The molecule has 4 nitrogen and oxygen atoms in total. The Labute approximate surface area is 105 Å². The summed E-state index contributed by atoms with van der Waals surface area (Å²) >= 11 is 0. The van der Waals surface area contributed by atoms with Crippen molar-refractivity contribution in [2.75, 3.05) is 47.1 Å². The zero-order chi connectivity index (χ0) is 12.5. The summed E-state index contributed by atoms with van der Waals surface area (Å²) in [4.78, 5) is 2.25. The number of ether oxygens (including phenoxy) is 2. The van der Waals surface area contributed by atoms with E-state index in [-0.39, 0.29) is 6.04 Å². The molecule has 1 fully saturated rings. The van der Waals surface area contributed by atoms with Crippen LogP contribution in [0.15, 0.2) is 0 Å². The number of rotatable bonds is 11. The minimum atomic E-state index is 0.249. The molecule has 1 saturated carbocycles. The van der Waals surface area contributed by atoms with Gasteiger partial charge in [0, 0.05) is 39.5 Å². The van der Waals surface area contributed by atoms with Crippen molar-refractivity contribution < 1.29 is 9.47 Å². The molecule has 1 aliphatic carbocycles. The summed E-state index contributed by atoms with van der Waals surface area (Å²) in [5.74, 6) is 0.858. The smallest absolute Gasteiger partial charge is 0.0593 e. The van der Waals surface area contributed by atoms with Crippen LogP contribution in [0.25, 0.3) is 0 Å². The van der Waals surface area contributed by atoms with E-state index in [9.17, 15) is 0 Å². The van der Waals surface area contributed by atoms with Crippen molar-refractivity contribution in [2.24, 2.45) is 11.7 Å². The number of methoxy groups -OCH3 is 1. The first-order valence-electron chi connectivity index (χ1n) is 6.73. The Hall–Kier alpha value is -0.160. The van der Waals surface area contributed by atoms with Crippen LogP contribution < -0.4 is 5.73 Å². The van der Waals surface area contributed by atoms with E-state index in [0.717, 1.165) is 51.7 Å². The van der Waals surface area contributed by atoms with Gasteiger partial charge in [-0.05, 0) is 38.6 Å². The van der Waals surface area contributed by atoms with Gasteiger partial charge < -0.3 is 20.1 Å². The molecule has 4 heteroatoms. The quantitative estimate of drug-likeness (QED) is 0.553. The molecule has 102 valence electrons. The van der Waals surface area contributed by atoms with Gasteiger partial charge >= 0.3 is 0 Å². The zero-order valence-electron chi connectivity index (χ0n) is 11.4. The van der Waals surface area contributed by atoms with Crippen LogP contribution >= 0.6 is 0 Å². The van der Waals surface area contributed by atoms with E-state index in [1.807, 2.05) is 0 Å². The van der Waals surface area contributed by atoms with Gasteiger partial charge in [-0.1, -0.05) is 0 Å². The lowest BCUT2D eigenvalue weighted by molar-refractivity contribution is 0.101. The summed E-state index contributed by atoms with van der Waals surface area (Å²) in [7, 11) is 3.84. The van der Waals surface area contributed by atoms with E-state index in [1.54, 1.807) is 7.11 Å². The van der Waals surface area contributed by atoms with Crippen molar-refractivity contribution in [3.05, 3.63) is 0 Å². The Morgan fingerprint density at radius 1 is 1.35 bits per heavy atom. The van der Waals surface area contributed by atoms with Gasteiger partial charge in [0.1, 0.15) is 0 Å². The maximum absolute atomic E-state index is 6.04. The summed E-state index contributed by atoms with van der Waals surface area (Å²) in [6.07, 6.45) is 4.80. The summed E-state index contributed by atoms with van der Waals surface area (Å²) in [5, 5.41) is 0. The average molecular weight is 244 g/mol. The number of likely N-dealkylation sites (N-methyl/N-ethyl adjacent to an activating group) is 1. The third kappa shape index (κ3) is 8.55. The number of hydrogen-bond donors (Lipinski definition) is 1. The van der Waals surface area contributed by atoms with E-state index in [2.05, 4.69) is 11.9 Å². The van der Waals surface area contributed by atoms with E-state index in [4.69, 9.17) is 15.2 Å². The van der Waals surface area contributed by atoms with Crippen molar-refractivity contribution in [3.63, 3.8) is 0 Å². The lowest BCUT2D eigenvalue weighted by Crippen LogP contribution is -2.37. The molecule has 0 saturated heterocycles. The van der Waals surface area contributed by atoms with Crippen molar-refractivity contribution in [1.29, 1.82) is 0 Å². The molecule has 1 atom stereocenters. The number of nitrogens with two attached hydrogens (primary N) is 1. The van der Waals surface area contributed by atoms with Gasteiger partial charge in [0.25, 0.3) is 0 Å². The lowest BCUT2D eigenvalue weighted by atomic mass is 10.1. The van der Waals surface area contributed by atoms with Crippen molar-refractivity contribution >= 4 is 0 Å². The second-order valence-electron chi connectivity index (χ2n) is 5.18. The van der Waals surface area contributed by atoms with Gasteiger partial charge in [-0.15, -0.1) is 0 Å². The van der Waals surface area contributed by atoms with Crippen molar-refractivity contribution in [2.45, 2.75) is 31.7 Å². The molecule has 0 aromatic rings. The molecule has 0 heterocycles. The van der Waals surface area contributed by atoms with Crippen LogP contribution in [0, 0.1) is 5.92 Å². The highest BCUT2D eigenvalue weighted by atomic mass is 16.5. The highest BCUT2D eigenvalue weighted by molar-refractivity contribution is 4.72. The topological polar surface area (TPSA) is 47.7 Å². The molecular formula is C13H28N2O2. The molecule has 0 spiro atoms. The van der Waals surface area contributed by atoms with Crippen LogP contribution in [-0.2, 0) is 9.47 Å². The van der Waals surface area contributed by atoms with E-state index in [1.165, 1.54) is 12.8 Å². The summed E-state index contributed by atoms with van der Waals surface area (Å²) < 4.78 is 10.6. The van der Waals surface area contributed by atoms with Crippen LogP contribution in [0.3, 0.4) is 0 Å². The Kier molecular flexibility index (Phi) is 7.77. The zero-order valence-corrected chi connectivity index (χ0v) is 11.4. The molecular weight excluding hydrogens is 216 g/mol. The highest BCUT2D eigenvalue weighted by Crippen LogP contribution is 2.28. The van der Waals surface area contributed by atoms with Crippen LogP contribution in [0.5, 0.6) is 0 Å². The van der Waals surface area contributed by atoms with E-state index < -0.39 is 0 Å². The van der Waals surface area contributed by atoms with Crippen molar-refractivity contribution in [1.82, 2.24) is 4.90 Å². The Morgan fingerprint density at radius 2 is 2.12 bits per heavy atom. The molecule has 1 unspecified atom stereocenters. The molecule has 2 N–H and O–H groups in total. The fraction of sp³-hybridized carbons (Fsp3) is 1.00. The monoisotopic (exact) mass is 244 g/mol. The van der Waals surface area contributed by atoms with Crippen molar-refractivity contribution in [3.8, 4) is 0 Å². The predicted molar refractivity (Wildman–Crippen MR) is 70.1 cm³/mol. The minimum absolute atomic E-state index is 0.249. The van der Waals surface area contributed by atoms with Gasteiger partial charge in [0.2, 0.25) is 0 Å². The second kappa shape index (κ2) is 8.86. The third-order valence-corrected chi connectivity index (χ3v) is 3.14. The van der Waals surface area contributed by atoms with Crippen LogP contribution in [0.4, 0.5) is 0 Å². The second-order valence-corrected chi connectivity index (χ2v) is 5.18. The molecule has 1 rings (SSSR count). The Bertz CT molecular complexity index is 186. The molecule has 17 heavy (non-hydrogen) atoms. The highest BCUT2D eigenvalue weighted by Gasteiger charge is 2.20. The van der Waals surface area contributed by atoms with Gasteiger partial charge in [0.15, 0.2) is 0 Å². The van der Waals surface area contributed by atoms with Gasteiger partial charge in [-0.2, -0.15) is 0 Å². The van der Waals surface area contributed by atoms with Crippen LogP contribution in [0.1, 0.15) is 25.7 Å². The van der Waals surface area contributed by atoms with Crippen LogP contribution in [-0.4, -0.2) is 58.0 Å². The lowest BCUT2D eigenvalue weighted by Gasteiger charge is -2.21. The molecule has 0 radical (unpaired) electrons. The summed E-state index contributed by atoms with van der Waals surface area (Å²) in [6.45, 7) is 4.51. The number of hydrogen-bond acceptors (Lipinski definition) is 4. The number of nitrogens with zero attached hydrogens (tertiary/aromatic N) is 1. The normalized spacial score (nSPS) is 17.6. The Balaban J connectivity index is 1.88. The molecule has 0 aliphatic heterocycles. The third-order valence-electron chi connectivity index (χ3n) is 3.14. The maximum atomic E-state index is 6.04. The fourth-order valence-corrected chi connectivity index (χ4v) is 1.83. The SMILES string of the molecule is COCCCC(N)CN(C)CCOCC1CC1. The molecule has 0 bridgehead atoms. The van der Waals surface area contributed by atoms with Crippen LogP contribution in [0.2, 0.25) is 0 Å². The largest absolute Gasteiger partial charge is 0.385 e. The maximum Gasteiger partial charge on any atom is 0.0593 e. The van der Waals surface area contributed by atoms with Gasteiger partial charge in [0.05, 0.1) is 6.61 Å². The standard InChI is InChI=1S/C13H28N2O2/c1-15(7-9-17-11-12-5-6-12)10-13(14)4-3-8-16-2/h12-13H,3-11,14H2,1-2H3. The minimum Gasteiger partial charge on any atom is -0.385 e. The van der Waals surface area contributed by atoms with Gasteiger partial charge in [-0.25, -0.2) is 0 Å². The molecule has 0 amide bonds. The molecule has 0 aromatic heterocycles. The summed E-state index contributed by atoms with van der Waals surface area (Å²) in [6, 6.07) is 0.249. The predicted octanol–water partition coefficient (Wildman–Crippen LogP) is 1.10. The first-order valence-corrected chi connectivity index (χ1v) is 6.73. The summed E-state index contributed by atoms with van der Waals surface area (Å²) in [5.41, 5.74) is 6.04. The average Bonchev–Trinajstić information content (AvgIpc) is 3.08. The van der Waals surface area contributed by atoms with E-state index in [0.29, 0.717) is 0 Å². The first-order chi connectivity index (χ1) is 8.22. The Morgan fingerprint density at radius 3 is 2.76 bits per heavy atom. The molecule has 1 aliphatic rings. The van der Waals surface area contributed by atoms with E-state index >= 15 is 0 Å².